The van der Waals surface area contributed by atoms with E-state index in [-0.39, 0.29) is 11.3 Å². The van der Waals surface area contributed by atoms with Crippen molar-refractivity contribution in [3.63, 3.8) is 0 Å². The van der Waals surface area contributed by atoms with Gasteiger partial charge in [-0.05, 0) is 24.6 Å². The molecule has 0 saturated carbocycles. The van der Waals surface area contributed by atoms with Gasteiger partial charge in [-0.25, -0.2) is 4.79 Å². The summed E-state index contributed by atoms with van der Waals surface area (Å²) in [5.41, 5.74) is -0.180. The van der Waals surface area contributed by atoms with Crippen LogP contribution in [0.2, 0.25) is 0 Å². The lowest BCUT2D eigenvalue weighted by Crippen LogP contribution is -2.50. The van der Waals surface area contributed by atoms with Crippen molar-refractivity contribution in [2.75, 3.05) is 0 Å². The second kappa shape index (κ2) is 4.16. The predicted molar refractivity (Wildman–Crippen MR) is 62.1 cm³/mol. The second-order valence-electron chi connectivity index (χ2n) is 4.04. The van der Waals surface area contributed by atoms with Crippen molar-refractivity contribution in [2.24, 2.45) is 0 Å². The molecule has 1 N–H and O–H groups in total. The first-order valence-electron chi connectivity index (χ1n) is 5.16. The summed E-state index contributed by atoms with van der Waals surface area (Å²) in [7, 11) is 0. The fourth-order valence-corrected chi connectivity index (χ4v) is 2.00. The molecule has 1 atom stereocenters. The summed E-state index contributed by atoms with van der Waals surface area (Å²) in [5.74, 6) is -1.88. The molecular weight excluding hydrogens is 285 g/mol. The van der Waals surface area contributed by atoms with Gasteiger partial charge in [0.15, 0.2) is 0 Å². The molecule has 1 aliphatic rings. The number of carboxylic acid groups (broad SMARTS) is 1. The van der Waals surface area contributed by atoms with Crippen molar-refractivity contribution < 1.29 is 27.8 Å². The molecule has 1 aromatic rings. The zero-order valence-electron chi connectivity index (χ0n) is 9.58. The topological polar surface area (TPSA) is 46.5 Å². The number of halogens is 4. The molecule has 1 heterocycles. The van der Waals surface area contributed by atoms with Crippen LogP contribution in [0.25, 0.3) is 6.08 Å². The monoisotopic (exact) mass is 292 g/mol. The van der Waals surface area contributed by atoms with Crippen LogP contribution in [0.1, 0.15) is 11.1 Å². The van der Waals surface area contributed by atoms with Crippen molar-refractivity contribution in [1.29, 1.82) is 0 Å². The van der Waals surface area contributed by atoms with Gasteiger partial charge in [-0.3, -0.25) is 0 Å². The summed E-state index contributed by atoms with van der Waals surface area (Å²) < 4.78 is 43.6. The first kappa shape index (κ1) is 13.7. The molecule has 1 aliphatic heterocycles. The maximum Gasteiger partial charge on any atom is 0.448 e. The minimum atomic E-state index is -5.06. The Hall–Kier alpha value is -1.69. The van der Waals surface area contributed by atoms with Gasteiger partial charge in [-0.2, -0.15) is 13.2 Å². The predicted octanol–water partition coefficient (Wildman–Crippen LogP) is 3.35. The Morgan fingerprint density at radius 2 is 2.05 bits per heavy atom. The molecule has 0 saturated heterocycles. The third-order valence-electron chi connectivity index (χ3n) is 2.76. The van der Waals surface area contributed by atoms with Gasteiger partial charge in [0.05, 0.1) is 0 Å². The smallest absolute Gasteiger partial charge is 0.448 e. The Balaban J connectivity index is 2.69. The maximum absolute atomic E-state index is 13.0. The van der Waals surface area contributed by atoms with Crippen LogP contribution in [0.5, 0.6) is 5.75 Å². The molecule has 1 unspecified atom stereocenters. The molecule has 102 valence electrons. The highest BCUT2D eigenvalue weighted by atomic mass is 35.5. The van der Waals surface area contributed by atoms with Crippen LogP contribution in [0.4, 0.5) is 13.2 Å². The minimum Gasteiger partial charge on any atom is -0.478 e. The van der Waals surface area contributed by atoms with E-state index in [4.69, 9.17) is 21.4 Å². The first-order chi connectivity index (χ1) is 8.67. The van der Waals surface area contributed by atoms with Gasteiger partial charge >= 0.3 is 17.2 Å². The van der Waals surface area contributed by atoms with Crippen LogP contribution < -0.4 is 4.74 Å². The van der Waals surface area contributed by atoms with Crippen molar-refractivity contribution >= 4 is 23.6 Å². The van der Waals surface area contributed by atoms with Gasteiger partial charge in [0.1, 0.15) is 11.3 Å². The van der Waals surface area contributed by atoms with Gasteiger partial charge in [0.25, 0.3) is 0 Å². The van der Waals surface area contributed by atoms with E-state index in [1.807, 2.05) is 0 Å². The molecule has 2 rings (SSSR count). The number of aliphatic carboxylic acids is 1. The van der Waals surface area contributed by atoms with Gasteiger partial charge < -0.3 is 9.84 Å². The van der Waals surface area contributed by atoms with Gasteiger partial charge in [-0.1, -0.05) is 23.7 Å². The molecule has 3 nitrogen and oxygen atoms in total. The number of aryl methyl sites for hydroxylation is 1. The normalized spacial score (nSPS) is 22.3. The van der Waals surface area contributed by atoms with Crippen LogP contribution in [0, 0.1) is 6.92 Å². The number of hydrogen-bond acceptors (Lipinski definition) is 2. The molecule has 7 heteroatoms. The summed E-state index contributed by atoms with van der Waals surface area (Å²) in [5, 5.41) is 5.55. The molecule has 0 aromatic heterocycles. The first-order valence-corrected chi connectivity index (χ1v) is 5.54. The summed E-state index contributed by atoms with van der Waals surface area (Å²) in [4.78, 5) is 11.0. The third-order valence-corrected chi connectivity index (χ3v) is 3.26. The van der Waals surface area contributed by atoms with Gasteiger partial charge in [0, 0.05) is 5.56 Å². The van der Waals surface area contributed by atoms with E-state index in [9.17, 15) is 18.0 Å². The molecule has 0 aliphatic carbocycles. The van der Waals surface area contributed by atoms with Gasteiger partial charge in [-0.15, -0.1) is 0 Å². The van der Waals surface area contributed by atoms with Crippen LogP contribution in [0.15, 0.2) is 23.8 Å². The van der Waals surface area contributed by atoms with E-state index in [1.54, 1.807) is 13.0 Å². The fraction of sp³-hybridized carbons (Fsp3) is 0.250. The van der Waals surface area contributed by atoms with E-state index in [1.165, 1.54) is 12.1 Å². The maximum atomic E-state index is 13.0. The van der Waals surface area contributed by atoms with Crippen molar-refractivity contribution in [3.8, 4) is 5.75 Å². The molecule has 0 fully saturated rings. The van der Waals surface area contributed by atoms with E-state index < -0.39 is 22.8 Å². The number of hydrogen-bond donors (Lipinski definition) is 1. The molecule has 0 amide bonds. The number of fused-ring (bicyclic) bond motifs is 1. The number of ether oxygens (including phenoxy) is 1. The average molecular weight is 293 g/mol. The summed E-state index contributed by atoms with van der Waals surface area (Å²) in [6, 6.07) is 4.44. The highest BCUT2D eigenvalue weighted by molar-refractivity contribution is 6.29. The Morgan fingerprint density at radius 3 is 2.58 bits per heavy atom. The molecule has 1 aromatic carbocycles. The quantitative estimate of drug-likeness (QED) is 0.807. The summed E-state index contributed by atoms with van der Waals surface area (Å²) >= 11 is 5.40. The highest BCUT2D eigenvalue weighted by Gasteiger charge is 2.62. The highest BCUT2D eigenvalue weighted by Crippen LogP contribution is 2.48. The Labute approximate surface area is 111 Å². The molecule has 0 bridgehead atoms. The number of benzene rings is 1. The minimum absolute atomic E-state index is 0.0997. The fourth-order valence-electron chi connectivity index (χ4n) is 1.78. The number of rotatable bonds is 1. The number of carboxylic acids is 1. The zero-order chi connectivity index (χ0) is 14.4. The lowest BCUT2D eigenvalue weighted by Gasteiger charge is -2.34. The van der Waals surface area contributed by atoms with Crippen molar-refractivity contribution in [2.45, 2.75) is 18.2 Å². The summed E-state index contributed by atoms with van der Waals surface area (Å²) in [6.07, 6.45) is -4.16. The molecule has 0 radical (unpaired) electrons. The van der Waals surface area contributed by atoms with E-state index in [0.29, 0.717) is 5.56 Å². The number of carbonyl (C=O) groups is 1. The van der Waals surface area contributed by atoms with Crippen LogP contribution >= 0.6 is 11.6 Å². The standard InChI is InChI=1S/C12H8ClF3O3/c1-6-3-2-4-9-7(6)5-8(10(17)18)11(13,19-9)12(14,15)16/h2-5H,1H3,(H,17,18). The van der Waals surface area contributed by atoms with Crippen LogP contribution in [-0.4, -0.2) is 22.3 Å². The lowest BCUT2D eigenvalue weighted by atomic mass is 9.97. The van der Waals surface area contributed by atoms with E-state index in [2.05, 4.69) is 0 Å². The SMILES string of the molecule is Cc1cccc2c1C=C(C(=O)O)C(Cl)(C(F)(F)F)O2. The lowest BCUT2D eigenvalue weighted by molar-refractivity contribution is -0.204. The van der Waals surface area contributed by atoms with Crippen LogP contribution in [-0.2, 0) is 4.79 Å². The second-order valence-corrected chi connectivity index (χ2v) is 4.58. The third kappa shape index (κ3) is 2.06. The van der Waals surface area contributed by atoms with E-state index >= 15 is 0 Å². The summed E-state index contributed by atoms with van der Waals surface area (Å²) in [6.45, 7) is 1.63. The van der Waals surface area contributed by atoms with E-state index in [0.717, 1.165) is 6.08 Å². The average Bonchev–Trinajstić information content (AvgIpc) is 2.26. The Bertz CT molecular complexity index is 580. The largest absolute Gasteiger partial charge is 0.478 e. The molecular formula is C12H8ClF3O3. The molecule has 19 heavy (non-hydrogen) atoms. The Morgan fingerprint density at radius 1 is 1.42 bits per heavy atom. The van der Waals surface area contributed by atoms with Gasteiger partial charge in [0.2, 0.25) is 0 Å². The molecule has 0 spiro atoms. The Kier molecular flexibility index (Phi) is 3.01. The zero-order valence-corrected chi connectivity index (χ0v) is 10.3. The number of alkyl halides is 4. The van der Waals surface area contributed by atoms with Crippen LogP contribution in [0.3, 0.4) is 0 Å². The van der Waals surface area contributed by atoms with Crippen molar-refractivity contribution in [3.05, 3.63) is 34.9 Å². The van der Waals surface area contributed by atoms with Crippen molar-refractivity contribution in [1.82, 2.24) is 0 Å².